The van der Waals surface area contributed by atoms with Gasteiger partial charge < -0.3 is 10.6 Å². The molecule has 98 valence electrons. The van der Waals surface area contributed by atoms with E-state index in [0.29, 0.717) is 6.04 Å². The molecule has 1 heterocycles. The Hall–Kier alpha value is -1.14. The summed E-state index contributed by atoms with van der Waals surface area (Å²) in [5.74, 6) is -0.253. The van der Waals surface area contributed by atoms with E-state index >= 15 is 0 Å². The Morgan fingerprint density at radius 2 is 2.18 bits per heavy atom. The number of carbonyl (C=O) groups excluding carboxylic acids is 2. The normalized spacial score (nSPS) is 21.3. The van der Waals surface area contributed by atoms with Crippen molar-refractivity contribution in [1.82, 2.24) is 20.9 Å². The maximum Gasteiger partial charge on any atom is 0.321 e. The molecule has 1 aliphatic rings. The molecule has 6 heteroatoms. The summed E-state index contributed by atoms with van der Waals surface area (Å²) in [6.45, 7) is 8.60. The summed E-state index contributed by atoms with van der Waals surface area (Å²) in [6.07, 6.45) is 0. The van der Waals surface area contributed by atoms with Gasteiger partial charge in [0.25, 0.3) is 0 Å². The number of amides is 3. The Morgan fingerprint density at radius 1 is 1.47 bits per heavy atom. The van der Waals surface area contributed by atoms with Crippen molar-refractivity contribution in [2.75, 3.05) is 26.2 Å². The van der Waals surface area contributed by atoms with E-state index in [2.05, 4.69) is 22.9 Å². The molecule has 1 rings (SSSR count). The summed E-state index contributed by atoms with van der Waals surface area (Å²) in [5, 5.41) is 8.24. The van der Waals surface area contributed by atoms with Crippen LogP contribution in [-0.2, 0) is 4.79 Å². The van der Waals surface area contributed by atoms with Crippen molar-refractivity contribution < 1.29 is 9.59 Å². The zero-order chi connectivity index (χ0) is 12.8. The van der Waals surface area contributed by atoms with Crippen molar-refractivity contribution in [3.63, 3.8) is 0 Å². The maximum absolute atomic E-state index is 11.6. The molecule has 6 nitrogen and oxygen atoms in total. The number of piperazine rings is 1. The van der Waals surface area contributed by atoms with Crippen LogP contribution in [0.2, 0.25) is 0 Å². The molecule has 0 spiro atoms. The van der Waals surface area contributed by atoms with Crippen molar-refractivity contribution in [3.05, 3.63) is 0 Å². The smallest absolute Gasteiger partial charge is 0.321 e. The Balaban J connectivity index is 2.26. The summed E-state index contributed by atoms with van der Waals surface area (Å²) in [5.41, 5.74) is 0. The van der Waals surface area contributed by atoms with Crippen LogP contribution < -0.4 is 16.0 Å². The molecule has 1 aliphatic heterocycles. The van der Waals surface area contributed by atoms with Gasteiger partial charge >= 0.3 is 6.03 Å². The van der Waals surface area contributed by atoms with Gasteiger partial charge in [-0.3, -0.25) is 15.0 Å². The van der Waals surface area contributed by atoms with Crippen molar-refractivity contribution in [2.45, 2.75) is 32.9 Å². The van der Waals surface area contributed by atoms with Gasteiger partial charge in [0.1, 0.15) is 0 Å². The molecule has 0 aromatic carbocycles. The van der Waals surface area contributed by atoms with E-state index in [1.165, 1.54) is 0 Å². The van der Waals surface area contributed by atoms with Gasteiger partial charge in [-0.05, 0) is 20.8 Å². The number of hydrogen-bond donors (Lipinski definition) is 3. The van der Waals surface area contributed by atoms with E-state index in [1.54, 1.807) is 0 Å². The fourth-order valence-electron chi connectivity index (χ4n) is 1.82. The minimum Gasteiger partial charge on any atom is -0.336 e. The number of hydrogen-bond acceptors (Lipinski definition) is 4. The third kappa shape index (κ3) is 5.65. The first kappa shape index (κ1) is 13.9. The maximum atomic E-state index is 11.6. The summed E-state index contributed by atoms with van der Waals surface area (Å²) in [4.78, 5) is 24.9. The molecule has 0 saturated carbocycles. The van der Waals surface area contributed by atoms with Crippen molar-refractivity contribution in [3.8, 4) is 0 Å². The highest BCUT2D eigenvalue weighted by molar-refractivity contribution is 5.95. The predicted octanol–water partition coefficient (Wildman–Crippen LogP) is -0.486. The SMILES string of the molecule is CC(C)NC(=O)NC(=O)CN1CCN[C@H](C)C1. The molecule has 0 unspecified atom stereocenters. The molecule has 17 heavy (non-hydrogen) atoms. The lowest BCUT2D eigenvalue weighted by molar-refractivity contribution is -0.121. The van der Waals surface area contributed by atoms with Crippen LogP contribution in [0.15, 0.2) is 0 Å². The highest BCUT2D eigenvalue weighted by Crippen LogP contribution is 1.97. The standard InChI is InChI=1S/C11H22N4O2/c1-8(2)13-11(17)14-10(16)7-15-5-4-12-9(3)6-15/h8-9,12H,4-7H2,1-3H3,(H2,13,14,16,17)/t9-/m1/s1. The molecule has 1 atom stereocenters. The van der Waals surface area contributed by atoms with Crippen LogP contribution >= 0.6 is 0 Å². The first-order valence-electron chi connectivity index (χ1n) is 6.03. The van der Waals surface area contributed by atoms with Gasteiger partial charge in [-0.1, -0.05) is 0 Å². The fourth-order valence-corrected chi connectivity index (χ4v) is 1.82. The zero-order valence-corrected chi connectivity index (χ0v) is 10.7. The third-order valence-electron chi connectivity index (χ3n) is 2.49. The number of urea groups is 1. The topological polar surface area (TPSA) is 73.5 Å². The van der Waals surface area contributed by atoms with Gasteiger partial charge in [0.05, 0.1) is 6.54 Å². The minimum atomic E-state index is -0.423. The second-order valence-corrected chi connectivity index (χ2v) is 4.77. The summed E-state index contributed by atoms with van der Waals surface area (Å²) in [6, 6.07) is -0.00349. The molecule has 0 aliphatic carbocycles. The summed E-state index contributed by atoms with van der Waals surface area (Å²) < 4.78 is 0. The molecule has 3 amide bonds. The Kier molecular flexibility index (Phi) is 5.37. The zero-order valence-electron chi connectivity index (χ0n) is 10.7. The van der Waals surface area contributed by atoms with Crippen molar-refractivity contribution in [1.29, 1.82) is 0 Å². The number of rotatable bonds is 3. The lowest BCUT2D eigenvalue weighted by atomic mass is 10.2. The number of nitrogens with one attached hydrogen (secondary N) is 3. The molecule has 1 fully saturated rings. The van der Waals surface area contributed by atoms with Crippen molar-refractivity contribution >= 4 is 11.9 Å². The minimum absolute atomic E-state index is 0.0296. The third-order valence-corrected chi connectivity index (χ3v) is 2.49. The van der Waals surface area contributed by atoms with Crippen LogP contribution in [0.3, 0.4) is 0 Å². The second kappa shape index (κ2) is 6.56. The van der Waals surface area contributed by atoms with E-state index in [4.69, 9.17) is 0 Å². The van der Waals surface area contributed by atoms with Gasteiger partial charge in [0.2, 0.25) is 5.91 Å². The summed E-state index contributed by atoms with van der Waals surface area (Å²) in [7, 11) is 0. The number of carbonyl (C=O) groups is 2. The lowest BCUT2D eigenvalue weighted by Crippen LogP contribution is -2.53. The van der Waals surface area contributed by atoms with E-state index in [0.717, 1.165) is 19.6 Å². The molecule has 1 saturated heterocycles. The Bertz CT molecular complexity index is 281. The van der Waals surface area contributed by atoms with Gasteiger partial charge in [-0.2, -0.15) is 0 Å². The monoisotopic (exact) mass is 242 g/mol. The molecule has 0 bridgehead atoms. The quantitative estimate of drug-likeness (QED) is 0.624. The largest absolute Gasteiger partial charge is 0.336 e. The van der Waals surface area contributed by atoms with E-state index in [-0.39, 0.29) is 18.5 Å². The molecular formula is C11H22N4O2. The van der Waals surface area contributed by atoms with E-state index in [9.17, 15) is 9.59 Å². The van der Waals surface area contributed by atoms with Gasteiger partial charge in [0.15, 0.2) is 0 Å². The van der Waals surface area contributed by atoms with Crippen LogP contribution in [-0.4, -0.2) is 55.1 Å². The average Bonchev–Trinajstić information content (AvgIpc) is 2.14. The first-order valence-corrected chi connectivity index (χ1v) is 6.03. The highest BCUT2D eigenvalue weighted by Gasteiger charge is 2.18. The molecular weight excluding hydrogens is 220 g/mol. The lowest BCUT2D eigenvalue weighted by Gasteiger charge is -2.31. The van der Waals surface area contributed by atoms with Crippen LogP contribution in [0, 0.1) is 0 Å². The molecule has 3 N–H and O–H groups in total. The van der Waals surface area contributed by atoms with E-state index in [1.807, 2.05) is 18.7 Å². The number of imide groups is 1. The van der Waals surface area contributed by atoms with E-state index < -0.39 is 6.03 Å². The fraction of sp³-hybridized carbons (Fsp3) is 0.818. The van der Waals surface area contributed by atoms with Gasteiger partial charge in [-0.15, -0.1) is 0 Å². The van der Waals surface area contributed by atoms with Gasteiger partial charge in [-0.25, -0.2) is 4.79 Å². The van der Waals surface area contributed by atoms with Crippen LogP contribution in [0.5, 0.6) is 0 Å². The molecule has 0 radical (unpaired) electrons. The molecule has 0 aromatic rings. The van der Waals surface area contributed by atoms with Crippen LogP contribution in [0.1, 0.15) is 20.8 Å². The highest BCUT2D eigenvalue weighted by atomic mass is 16.2. The first-order chi connectivity index (χ1) is 7.97. The van der Waals surface area contributed by atoms with Gasteiger partial charge in [0, 0.05) is 31.7 Å². The average molecular weight is 242 g/mol. The molecule has 0 aromatic heterocycles. The number of nitrogens with zero attached hydrogens (tertiary/aromatic N) is 1. The Labute approximate surface area is 102 Å². The predicted molar refractivity (Wildman–Crippen MR) is 65.7 cm³/mol. The van der Waals surface area contributed by atoms with Crippen molar-refractivity contribution in [2.24, 2.45) is 0 Å². The second-order valence-electron chi connectivity index (χ2n) is 4.77. The Morgan fingerprint density at radius 3 is 2.76 bits per heavy atom. The van der Waals surface area contributed by atoms with Crippen LogP contribution in [0.25, 0.3) is 0 Å². The van der Waals surface area contributed by atoms with Crippen LogP contribution in [0.4, 0.5) is 4.79 Å². The summed E-state index contributed by atoms with van der Waals surface area (Å²) >= 11 is 0.